The van der Waals surface area contributed by atoms with E-state index in [0.717, 1.165) is 31.1 Å². The van der Waals surface area contributed by atoms with Crippen LogP contribution < -0.4 is 5.32 Å². The van der Waals surface area contributed by atoms with Gasteiger partial charge in [-0.2, -0.15) is 0 Å². The van der Waals surface area contributed by atoms with E-state index in [0.29, 0.717) is 12.3 Å². The summed E-state index contributed by atoms with van der Waals surface area (Å²) in [5.41, 5.74) is 3.42. The third-order valence-electron chi connectivity index (χ3n) is 3.90. The zero-order chi connectivity index (χ0) is 13.9. The van der Waals surface area contributed by atoms with Gasteiger partial charge in [0.2, 0.25) is 0 Å². The molecule has 0 saturated heterocycles. The molecule has 0 amide bonds. The second-order valence-electron chi connectivity index (χ2n) is 5.34. The maximum atomic E-state index is 13.2. The van der Waals surface area contributed by atoms with Crippen LogP contribution in [0.3, 0.4) is 0 Å². The molecule has 0 radical (unpaired) electrons. The molecule has 3 heteroatoms. The number of halogens is 2. The molecule has 1 unspecified atom stereocenters. The molecule has 1 heterocycles. The van der Waals surface area contributed by atoms with Crippen LogP contribution in [0.2, 0.25) is 0 Å². The zero-order valence-electron chi connectivity index (χ0n) is 11.2. The number of rotatable bonds is 3. The van der Waals surface area contributed by atoms with Crippen molar-refractivity contribution < 1.29 is 8.78 Å². The molecule has 0 spiro atoms. The van der Waals surface area contributed by atoms with Gasteiger partial charge in [-0.3, -0.25) is 0 Å². The molecule has 1 atom stereocenters. The maximum absolute atomic E-state index is 13.2. The first-order valence-corrected chi connectivity index (χ1v) is 6.96. The minimum absolute atomic E-state index is 0.409. The van der Waals surface area contributed by atoms with Crippen LogP contribution >= 0.6 is 0 Å². The van der Waals surface area contributed by atoms with Crippen molar-refractivity contribution in [1.29, 1.82) is 0 Å². The predicted molar refractivity (Wildman–Crippen MR) is 75.6 cm³/mol. The van der Waals surface area contributed by atoms with Gasteiger partial charge in [0.1, 0.15) is 11.6 Å². The average molecular weight is 273 g/mol. The van der Waals surface area contributed by atoms with Crippen molar-refractivity contribution in [3.05, 3.63) is 70.8 Å². The fourth-order valence-electron chi connectivity index (χ4n) is 2.94. The summed E-state index contributed by atoms with van der Waals surface area (Å²) in [6.07, 6.45) is 1.59. The minimum Gasteiger partial charge on any atom is -0.312 e. The van der Waals surface area contributed by atoms with Gasteiger partial charge in [0.05, 0.1) is 0 Å². The highest BCUT2D eigenvalue weighted by atomic mass is 19.1. The van der Waals surface area contributed by atoms with Gasteiger partial charge in [-0.05, 0) is 47.6 Å². The van der Waals surface area contributed by atoms with Gasteiger partial charge in [0.15, 0.2) is 0 Å². The van der Waals surface area contributed by atoms with E-state index >= 15 is 0 Å². The second-order valence-corrected chi connectivity index (χ2v) is 5.34. The van der Waals surface area contributed by atoms with Crippen molar-refractivity contribution in [2.24, 2.45) is 0 Å². The maximum Gasteiger partial charge on any atom is 0.126 e. The molecule has 20 heavy (non-hydrogen) atoms. The van der Waals surface area contributed by atoms with Crippen LogP contribution in [-0.2, 0) is 13.0 Å². The number of hydrogen-bond donors (Lipinski definition) is 1. The van der Waals surface area contributed by atoms with E-state index in [1.807, 2.05) is 6.07 Å². The first kappa shape index (κ1) is 13.3. The van der Waals surface area contributed by atoms with Crippen LogP contribution in [0.1, 0.15) is 29.0 Å². The lowest BCUT2D eigenvalue weighted by atomic mass is 9.86. The van der Waals surface area contributed by atoms with Crippen LogP contribution in [0.4, 0.5) is 8.78 Å². The Kier molecular flexibility index (Phi) is 3.79. The van der Waals surface area contributed by atoms with Gasteiger partial charge in [0.25, 0.3) is 0 Å². The molecule has 0 saturated carbocycles. The molecule has 0 aromatic heterocycles. The van der Waals surface area contributed by atoms with E-state index < -0.39 is 11.6 Å². The molecule has 104 valence electrons. The molecule has 3 rings (SSSR count). The van der Waals surface area contributed by atoms with Crippen molar-refractivity contribution in [2.75, 3.05) is 6.54 Å². The molecule has 1 aliphatic rings. The molecule has 1 N–H and O–H groups in total. The summed E-state index contributed by atoms with van der Waals surface area (Å²) in [6, 6.07) is 12.2. The fourth-order valence-corrected chi connectivity index (χ4v) is 2.94. The highest BCUT2D eigenvalue weighted by molar-refractivity contribution is 5.33. The van der Waals surface area contributed by atoms with Crippen LogP contribution in [0.25, 0.3) is 0 Å². The van der Waals surface area contributed by atoms with Crippen LogP contribution in [-0.4, -0.2) is 6.54 Å². The molecule has 0 aliphatic carbocycles. The van der Waals surface area contributed by atoms with Gasteiger partial charge >= 0.3 is 0 Å². The second kappa shape index (κ2) is 5.71. The first-order chi connectivity index (χ1) is 9.72. The number of hydrogen-bond acceptors (Lipinski definition) is 1. The Labute approximate surface area is 117 Å². The standard InChI is InChI=1S/C17H17F2N/c18-15-7-12(8-16(19)9-15)5-6-14-11-20-10-13-3-1-2-4-17(13)14/h1-4,7-9,14,20H,5-6,10-11H2. The molecule has 0 fully saturated rings. The van der Waals surface area contributed by atoms with E-state index in [1.54, 1.807) is 0 Å². The van der Waals surface area contributed by atoms with Gasteiger partial charge in [-0.15, -0.1) is 0 Å². The summed E-state index contributed by atoms with van der Waals surface area (Å²) in [5.74, 6) is -0.587. The Morgan fingerprint density at radius 1 is 1.05 bits per heavy atom. The Morgan fingerprint density at radius 2 is 1.80 bits per heavy atom. The average Bonchev–Trinajstić information content (AvgIpc) is 2.44. The largest absolute Gasteiger partial charge is 0.312 e. The Morgan fingerprint density at radius 3 is 2.60 bits per heavy atom. The monoisotopic (exact) mass is 273 g/mol. The summed E-state index contributed by atoms with van der Waals surface area (Å²) < 4.78 is 26.4. The third kappa shape index (κ3) is 2.88. The Balaban J connectivity index is 1.73. The molecule has 2 aromatic rings. The summed E-state index contributed by atoms with van der Waals surface area (Å²) in [7, 11) is 0. The smallest absolute Gasteiger partial charge is 0.126 e. The number of nitrogens with one attached hydrogen (secondary N) is 1. The minimum atomic E-state index is -0.498. The van der Waals surface area contributed by atoms with Gasteiger partial charge < -0.3 is 5.32 Å². The SMILES string of the molecule is Fc1cc(F)cc(CCC2CNCc3ccccc32)c1. The van der Waals surface area contributed by atoms with Crippen molar-refractivity contribution >= 4 is 0 Å². The zero-order valence-corrected chi connectivity index (χ0v) is 11.2. The highest BCUT2D eigenvalue weighted by Gasteiger charge is 2.19. The van der Waals surface area contributed by atoms with Crippen LogP contribution in [0.15, 0.2) is 42.5 Å². The van der Waals surface area contributed by atoms with Crippen LogP contribution in [0.5, 0.6) is 0 Å². The normalized spacial score (nSPS) is 17.8. The van der Waals surface area contributed by atoms with E-state index in [4.69, 9.17) is 0 Å². The van der Waals surface area contributed by atoms with Crippen molar-refractivity contribution in [3.63, 3.8) is 0 Å². The molecule has 0 bridgehead atoms. The van der Waals surface area contributed by atoms with E-state index in [2.05, 4.69) is 23.5 Å². The molecular weight excluding hydrogens is 256 g/mol. The van der Waals surface area contributed by atoms with Gasteiger partial charge in [-0.25, -0.2) is 8.78 Å². The van der Waals surface area contributed by atoms with E-state index in [-0.39, 0.29) is 0 Å². The van der Waals surface area contributed by atoms with Crippen molar-refractivity contribution in [1.82, 2.24) is 5.32 Å². The summed E-state index contributed by atoms with van der Waals surface area (Å²) in [6.45, 7) is 1.83. The number of aryl methyl sites for hydroxylation is 1. The number of benzene rings is 2. The molecule has 1 aliphatic heterocycles. The van der Waals surface area contributed by atoms with E-state index in [9.17, 15) is 8.78 Å². The third-order valence-corrected chi connectivity index (χ3v) is 3.90. The fraction of sp³-hybridized carbons (Fsp3) is 0.294. The lowest BCUT2D eigenvalue weighted by Gasteiger charge is -2.26. The lowest BCUT2D eigenvalue weighted by Crippen LogP contribution is -2.28. The molecule has 2 aromatic carbocycles. The summed E-state index contributed by atoms with van der Waals surface area (Å²) >= 11 is 0. The van der Waals surface area contributed by atoms with Crippen molar-refractivity contribution in [2.45, 2.75) is 25.3 Å². The van der Waals surface area contributed by atoms with Crippen molar-refractivity contribution in [3.8, 4) is 0 Å². The quantitative estimate of drug-likeness (QED) is 0.897. The van der Waals surface area contributed by atoms with Gasteiger partial charge in [-0.1, -0.05) is 24.3 Å². The Bertz CT molecular complexity index is 589. The predicted octanol–water partition coefficient (Wildman–Crippen LogP) is 3.78. The Hall–Kier alpha value is -1.74. The lowest BCUT2D eigenvalue weighted by molar-refractivity contribution is 0.511. The number of fused-ring (bicyclic) bond motifs is 1. The first-order valence-electron chi connectivity index (χ1n) is 6.96. The highest BCUT2D eigenvalue weighted by Crippen LogP contribution is 2.27. The topological polar surface area (TPSA) is 12.0 Å². The van der Waals surface area contributed by atoms with E-state index in [1.165, 1.54) is 23.3 Å². The summed E-state index contributed by atoms with van der Waals surface area (Å²) in [5, 5.41) is 3.40. The molecule has 1 nitrogen and oxygen atoms in total. The van der Waals surface area contributed by atoms with Crippen LogP contribution in [0, 0.1) is 11.6 Å². The molecular formula is C17H17F2N. The summed E-state index contributed by atoms with van der Waals surface area (Å²) in [4.78, 5) is 0. The van der Waals surface area contributed by atoms with Gasteiger partial charge in [0, 0.05) is 19.2 Å².